The van der Waals surface area contributed by atoms with Gasteiger partial charge in [0.05, 0.1) is 11.0 Å². The molecule has 1 saturated heterocycles. The number of rotatable bonds is 8. The monoisotopic (exact) mass is 523 g/mol. The lowest BCUT2D eigenvalue weighted by Gasteiger charge is -2.34. The number of piperazine rings is 1. The highest BCUT2D eigenvalue weighted by Gasteiger charge is 2.46. The van der Waals surface area contributed by atoms with Gasteiger partial charge in [-0.25, -0.2) is 8.42 Å². The zero-order valence-corrected chi connectivity index (χ0v) is 22.3. The van der Waals surface area contributed by atoms with E-state index in [1.54, 1.807) is 12.1 Å². The van der Waals surface area contributed by atoms with Crippen LogP contribution in [0.4, 0.5) is 5.69 Å². The molecule has 1 amide bonds. The number of nitriles is 1. The molecule has 2 fully saturated rings. The van der Waals surface area contributed by atoms with Crippen LogP contribution in [0.2, 0.25) is 0 Å². The van der Waals surface area contributed by atoms with Crippen molar-refractivity contribution < 1.29 is 17.6 Å². The Morgan fingerprint density at radius 2 is 1.73 bits per heavy atom. The van der Waals surface area contributed by atoms with E-state index >= 15 is 0 Å². The van der Waals surface area contributed by atoms with Crippen molar-refractivity contribution in [2.24, 2.45) is 5.92 Å². The summed E-state index contributed by atoms with van der Waals surface area (Å²) >= 11 is 0. The van der Waals surface area contributed by atoms with Crippen molar-refractivity contribution in [3.63, 3.8) is 0 Å². The molecular weight excluding hydrogens is 490 g/mol. The number of benzene rings is 2. The molecule has 2 aliphatic rings. The number of amides is 1. The Hall–Kier alpha value is -3.13. The molecule has 0 unspecified atom stereocenters. The number of anilines is 1. The summed E-state index contributed by atoms with van der Waals surface area (Å²) in [4.78, 5) is 17.6. The predicted octanol–water partition coefficient (Wildman–Crippen LogP) is 3.20. The molecule has 2 heterocycles. The Morgan fingerprint density at radius 1 is 1.08 bits per heavy atom. The van der Waals surface area contributed by atoms with Gasteiger partial charge in [-0.1, -0.05) is 13.8 Å². The summed E-state index contributed by atoms with van der Waals surface area (Å²) in [6, 6.07) is 11.9. The summed E-state index contributed by atoms with van der Waals surface area (Å²) in [5.41, 5.74) is 1.51. The van der Waals surface area contributed by atoms with Crippen LogP contribution in [0.1, 0.15) is 33.1 Å². The minimum absolute atomic E-state index is 0.0654. The Labute approximate surface area is 217 Å². The van der Waals surface area contributed by atoms with Crippen molar-refractivity contribution in [3.8, 4) is 6.07 Å². The third-order valence-corrected chi connectivity index (χ3v) is 8.72. The fraction of sp³-hybridized carbons (Fsp3) is 0.481. The van der Waals surface area contributed by atoms with Crippen molar-refractivity contribution in [2.45, 2.75) is 49.6 Å². The molecule has 2 N–H and O–H groups in total. The normalized spacial score (nSPS) is 18.7. The fourth-order valence-corrected chi connectivity index (χ4v) is 6.06. The molecule has 37 heavy (non-hydrogen) atoms. The summed E-state index contributed by atoms with van der Waals surface area (Å²) in [7, 11) is -1.90. The first-order valence-corrected chi connectivity index (χ1v) is 14.2. The van der Waals surface area contributed by atoms with Crippen LogP contribution in [0, 0.1) is 17.2 Å². The van der Waals surface area contributed by atoms with Gasteiger partial charge in [-0.3, -0.25) is 4.79 Å². The summed E-state index contributed by atoms with van der Waals surface area (Å²) in [6.45, 7) is 7.67. The molecule has 1 aromatic heterocycles. The first-order chi connectivity index (χ1) is 17.6. The third-order valence-electron chi connectivity index (χ3n) is 7.25. The second-order valence-electron chi connectivity index (χ2n) is 10.7. The highest BCUT2D eigenvalue weighted by Crippen LogP contribution is 2.35. The Kier molecular flexibility index (Phi) is 6.64. The zero-order chi connectivity index (χ0) is 26.4. The molecule has 0 bridgehead atoms. The van der Waals surface area contributed by atoms with Gasteiger partial charge < -0.3 is 19.5 Å². The maximum Gasteiger partial charge on any atom is 0.241 e. The molecule has 1 saturated carbocycles. The average Bonchev–Trinajstić information content (AvgIpc) is 3.54. The second kappa shape index (κ2) is 9.63. The molecule has 1 atom stereocenters. The van der Waals surface area contributed by atoms with E-state index in [-0.39, 0.29) is 10.8 Å². The molecule has 3 aromatic rings. The summed E-state index contributed by atoms with van der Waals surface area (Å²) in [5, 5.41) is 13.6. The minimum Gasteiger partial charge on any atom is -0.456 e. The predicted molar refractivity (Wildman–Crippen MR) is 143 cm³/mol. The quantitative estimate of drug-likeness (QED) is 0.465. The van der Waals surface area contributed by atoms with Crippen LogP contribution in [0.5, 0.6) is 0 Å². The molecule has 1 aliphatic heterocycles. The van der Waals surface area contributed by atoms with E-state index in [1.807, 2.05) is 26.0 Å². The van der Waals surface area contributed by atoms with Gasteiger partial charge in [0.1, 0.15) is 22.7 Å². The molecule has 196 valence electrons. The van der Waals surface area contributed by atoms with Gasteiger partial charge in [-0.2, -0.15) is 9.98 Å². The number of carbonyl (C=O) groups excluding carboxylic acids is 1. The SMILES string of the molecule is CC(C)C[C@H](NS(=O)(=O)c1ccc2oc3ccc(N4CCN(C)CC4)cc3c2c1)C(=O)NC1(C#N)CC1. The topological polar surface area (TPSA) is 119 Å². The maximum absolute atomic E-state index is 13.4. The smallest absolute Gasteiger partial charge is 0.241 e. The van der Waals surface area contributed by atoms with Crippen molar-refractivity contribution in [3.05, 3.63) is 36.4 Å². The van der Waals surface area contributed by atoms with Crippen LogP contribution in [0.15, 0.2) is 45.7 Å². The second-order valence-corrected chi connectivity index (χ2v) is 12.4. The summed E-state index contributed by atoms with van der Waals surface area (Å²) in [5.74, 6) is -0.396. The van der Waals surface area contributed by atoms with E-state index in [9.17, 15) is 18.5 Å². The highest BCUT2D eigenvalue weighted by molar-refractivity contribution is 7.89. The van der Waals surface area contributed by atoms with Crippen LogP contribution in [-0.4, -0.2) is 64.0 Å². The van der Waals surface area contributed by atoms with Crippen LogP contribution < -0.4 is 14.9 Å². The van der Waals surface area contributed by atoms with Crippen LogP contribution in [0.25, 0.3) is 21.9 Å². The number of hydrogen-bond acceptors (Lipinski definition) is 7. The minimum atomic E-state index is -4.02. The highest BCUT2D eigenvalue weighted by atomic mass is 32.2. The maximum atomic E-state index is 13.4. The van der Waals surface area contributed by atoms with Gasteiger partial charge in [0.25, 0.3) is 0 Å². The van der Waals surface area contributed by atoms with E-state index in [0.717, 1.165) is 37.3 Å². The molecule has 1 aliphatic carbocycles. The Balaban J connectivity index is 1.44. The van der Waals surface area contributed by atoms with E-state index in [0.29, 0.717) is 35.8 Å². The first kappa shape index (κ1) is 25.5. The van der Waals surface area contributed by atoms with Crippen molar-refractivity contribution in [2.75, 3.05) is 38.1 Å². The number of fused-ring (bicyclic) bond motifs is 3. The van der Waals surface area contributed by atoms with E-state index in [2.05, 4.69) is 39.0 Å². The molecule has 10 heteroatoms. The Morgan fingerprint density at radius 3 is 2.35 bits per heavy atom. The van der Waals surface area contributed by atoms with Gasteiger partial charge in [0, 0.05) is 42.6 Å². The van der Waals surface area contributed by atoms with Crippen LogP contribution >= 0.6 is 0 Å². The molecule has 0 spiro atoms. The number of carbonyl (C=O) groups is 1. The lowest BCUT2D eigenvalue weighted by molar-refractivity contribution is -0.123. The number of likely N-dealkylation sites (N-methyl/N-ethyl adjacent to an activating group) is 1. The van der Waals surface area contributed by atoms with Crippen LogP contribution in [0.3, 0.4) is 0 Å². The summed E-state index contributed by atoms with van der Waals surface area (Å²) < 4.78 is 35.4. The number of sulfonamides is 1. The van der Waals surface area contributed by atoms with Gasteiger partial charge in [0.2, 0.25) is 15.9 Å². The van der Waals surface area contributed by atoms with E-state index in [1.165, 1.54) is 6.07 Å². The first-order valence-electron chi connectivity index (χ1n) is 12.7. The number of hydrogen-bond donors (Lipinski definition) is 2. The lowest BCUT2D eigenvalue weighted by Crippen LogP contribution is -2.50. The standard InChI is InChI=1S/C27H33N5O4S/c1-18(2)14-23(26(33)29-27(17-28)8-9-27)30-37(34,35)20-5-7-25-22(16-20)21-15-19(4-6-24(21)36-25)32-12-10-31(3)11-13-32/h4-7,15-16,18,23,30H,8-14H2,1-3H3,(H,29,33)/t23-/m0/s1. The van der Waals surface area contributed by atoms with Crippen molar-refractivity contribution >= 4 is 43.6 Å². The van der Waals surface area contributed by atoms with Gasteiger partial charge in [-0.15, -0.1) is 0 Å². The van der Waals surface area contributed by atoms with E-state index in [4.69, 9.17) is 4.42 Å². The number of furan rings is 1. The number of nitrogens with zero attached hydrogens (tertiary/aromatic N) is 3. The molecule has 2 aromatic carbocycles. The van der Waals surface area contributed by atoms with E-state index < -0.39 is 27.5 Å². The average molecular weight is 524 g/mol. The zero-order valence-electron chi connectivity index (χ0n) is 21.5. The molecular formula is C27H33N5O4S. The van der Waals surface area contributed by atoms with Gasteiger partial charge in [-0.05, 0) is 68.6 Å². The fourth-order valence-electron chi connectivity index (χ4n) is 4.82. The van der Waals surface area contributed by atoms with Crippen molar-refractivity contribution in [1.82, 2.24) is 14.9 Å². The van der Waals surface area contributed by atoms with Crippen LogP contribution in [-0.2, 0) is 14.8 Å². The lowest BCUT2D eigenvalue weighted by atomic mass is 10.0. The Bertz CT molecular complexity index is 1480. The summed E-state index contributed by atoms with van der Waals surface area (Å²) in [6.07, 6.45) is 1.48. The molecule has 5 rings (SSSR count). The van der Waals surface area contributed by atoms with Crippen molar-refractivity contribution in [1.29, 1.82) is 5.26 Å². The molecule has 0 radical (unpaired) electrons. The molecule has 9 nitrogen and oxygen atoms in total. The van der Waals surface area contributed by atoms with Gasteiger partial charge >= 0.3 is 0 Å². The number of nitrogens with one attached hydrogen (secondary N) is 2. The van der Waals surface area contributed by atoms with Gasteiger partial charge in [0.15, 0.2) is 0 Å². The largest absolute Gasteiger partial charge is 0.456 e. The third kappa shape index (κ3) is 5.30.